The van der Waals surface area contributed by atoms with Crippen LogP contribution in [0.4, 0.5) is 11.6 Å². The number of aryl methyl sites for hydroxylation is 1. The fraction of sp³-hybridized carbons (Fsp3) is 0.353. The molecule has 0 aliphatic heterocycles. The summed E-state index contributed by atoms with van der Waals surface area (Å²) in [5.41, 5.74) is 4.05. The van der Waals surface area contributed by atoms with Gasteiger partial charge in [-0.2, -0.15) is 0 Å². The van der Waals surface area contributed by atoms with Crippen molar-refractivity contribution in [3.05, 3.63) is 45.7 Å². The Balaban J connectivity index is 2.48. The second-order valence-electron chi connectivity index (χ2n) is 5.46. The Morgan fingerprint density at radius 2 is 2.00 bits per heavy atom. The molecule has 0 unspecified atom stereocenters. The van der Waals surface area contributed by atoms with Crippen molar-refractivity contribution in [2.45, 2.75) is 33.6 Å². The molecule has 0 saturated heterocycles. The zero-order chi connectivity index (χ0) is 16.3. The molecule has 0 aliphatic rings. The minimum absolute atomic E-state index is 0.497. The smallest absolute Gasteiger partial charge is 0.230 e. The van der Waals surface area contributed by atoms with Gasteiger partial charge in [-0.25, -0.2) is 9.97 Å². The number of benzene rings is 1. The quantitative estimate of drug-likeness (QED) is 0.671. The molecule has 0 bridgehead atoms. The summed E-state index contributed by atoms with van der Waals surface area (Å²) in [6.07, 6.45) is 0. The first-order valence-electron chi connectivity index (χ1n) is 7.34. The number of aromatic nitrogens is 2. The molecular weight excluding hydrogens is 358 g/mol. The molecule has 1 aromatic carbocycles. The summed E-state index contributed by atoms with van der Waals surface area (Å²) in [5, 5.41) is 1.59. The van der Waals surface area contributed by atoms with Gasteiger partial charge in [-0.05, 0) is 59.5 Å². The standard InChI is InChI=1S/C17H20BrN3S/c1-5-21(17-19-12(4)8-14(10-22)20-17)16-7-6-13(11(2)3)9-15(16)18/h6-11H,5H2,1-4H3. The van der Waals surface area contributed by atoms with Crippen LogP contribution >= 0.6 is 28.1 Å². The van der Waals surface area contributed by atoms with E-state index >= 15 is 0 Å². The highest BCUT2D eigenvalue weighted by Crippen LogP contribution is 2.33. The maximum Gasteiger partial charge on any atom is 0.230 e. The molecule has 0 radical (unpaired) electrons. The molecular formula is C17H20BrN3S. The van der Waals surface area contributed by atoms with Gasteiger partial charge in [0.05, 0.1) is 11.4 Å². The minimum atomic E-state index is 0.497. The van der Waals surface area contributed by atoms with E-state index in [1.54, 1.807) is 5.37 Å². The predicted molar refractivity (Wildman–Crippen MR) is 100 cm³/mol. The highest BCUT2D eigenvalue weighted by atomic mass is 79.9. The Morgan fingerprint density at radius 1 is 1.27 bits per heavy atom. The molecule has 5 heteroatoms. The van der Waals surface area contributed by atoms with Crippen LogP contribution in [0.5, 0.6) is 0 Å². The number of halogens is 1. The van der Waals surface area contributed by atoms with Crippen molar-refractivity contribution in [2.24, 2.45) is 0 Å². The Kier molecular flexibility index (Phi) is 5.64. The summed E-state index contributed by atoms with van der Waals surface area (Å²) in [6, 6.07) is 8.33. The highest BCUT2D eigenvalue weighted by Gasteiger charge is 2.15. The van der Waals surface area contributed by atoms with Crippen LogP contribution < -0.4 is 4.90 Å². The van der Waals surface area contributed by atoms with Gasteiger partial charge in [0.2, 0.25) is 5.95 Å². The molecule has 22 heavy (non-hydrogen) atoms. The van der Waals surface area contributed by atoms with Gasteiger partial charge in [-0.15, -0.1) is 0 Å². The molecule has 0 N–H and O–H groups in total. The van der Waals surface area contributed by atoms with Crippen molar-refractivity contribution in [1.82, 2.24) is 9.97 Å². The molecule has 3 nitrogen and oxygen atoms in total. The molecule has 0 aliphatic carbocycles. The zero-order valence-electron chi connectivity index (χ0n) is 13.3. The third kappa shape index (κ3) is 3.70. The van der Waals surface area contributed by atoms with Crippen molar-refractivity contribution in [3.8, 4) is 0 Å². The maximum absolute atomic E-state index is 5.01. The fourth-order valence-corrected chi connectivity index (χ4v) is 3.01. The fourth-order valence-electron chi connectivity index (χ4n) is 2.28. The van der Waals surface area contributed by atoms with Gasteiger partial charge in [0.15, 0.2) is 0 Å². The lowest BCUT2D eigenvalue weighted by atomic mass is 10.0. The van der Waals surface area contributed by atoms with E-state index in [0.29, 0.717) is 11.9 Å². The van der Waals surface area contributed by atoms with Gasteiger partial charge >= 0.3 is 0 Å². The van der Waals surface area contributed by atoms with Crippen LogP contribution in [0.3, 0.4) is 0 Å². The highest BCUT2D eigenvalue weighted by molar-refractivity contribution is 9.10. The first-order valence-corrected chi connectivity index (χ1v) is 8.60. The summed E-state index contributed by atoms with van der Waals surface area (Å²) in [4.78, 5) is 11.2. The van der Waals surface area contributed by atoms with Crippen LogP contribution in [0.15, 0.2) is 28.7 Å². The summed E-state index contributed by atoms with van der Waals surface area (Å²) in [7, 11) is 0. The first kappa shape index (κ1) is 17.0. The van der Waals surface area contributed by atoms with Gasteiger partial charge in [0.1, 0.15) is 0 Å². The SMILES string of the molecule is CCN(c1nc(C)cc(C=S)n1)c1ccc(C(C)C)cc1Br. The second-order valence-corrected chi connectivity index (χ2v) is 6.55. The van der Waals surface area contributed by atoms with Crippen molar-refractivity contribution in [3.63, 3.8) is 0 Å². The van der Waals surface area contributed by atoms with Crippen molar-refractivity contribution in [2.75, 3.05) is 11.4 Å². The Labute approximate surface area is 145 Å². The van der Waals surface area contributed by atoms with E-state index in [9.17, 15) is 0 Å². The molecule has 0 fully saturated rings. The molecule has 1 heterocycles. The summed E-state index contributed by atoms with van der Waals surface area (Å²) in [6.45, 7) is 9.20. The molecule has 0 amide bonds. The van der Waals surface area contributed by atoms with Crippen LogP contribution in [-0.4, -0.2) is 21.9 Å². The Morgan fingerprint density at radius 3 is 2.55 bits per heavy atom. The van der Waals surface area contributed by atoms with E-state index in [-0.39, 0.29) is 0 Å². The molecule has 116 valence electrons. The van der Waals surface area contributed by atoms with Gasteiger partial charge in [-0.3, -0.25) is 0 Å². The summed E-state index contributed by atoms with van der Waals surface area (Å²) >= 11 is 8.69. The number of rotatable bonds is 5. The maximum atomic E-state index is 5.01. The van der Waals surface area contributed by atoms with Gasteiger partial charge in [-0.1, -0.05) is 32.1 Å². The van der Waals surface area contributed by atoms with E-state index in [1.165, 1.54) is 5.56 Å². The number of thiocarbonyl (C=S) groups is 1. The van der Waals surface area contributed by atoms with E-state index in [4.69, 9.17) is 12.2 Å². The average molecular weight is 378 g/mol. The molecule has 0 atom stereocenters. The second kappa shape index (κ2) is 7.29. The Hall–Kier alpha value is -1.33. The number of hydrogen-bond donors (Lipinski definition) is 0. The van der Waals surface area contributed by atoms with E-state index in [1.807, 2.05) is 13.0 Å². The van der Waals surface area contributed by atoms with Crippen molar-refractivity contribution in [1.29, 1.82) is 0 Å². The first-order chi connectivity index (χ1) is 10.5. The lowest BCUT2D eigenvalue weighted by Gasteiger charge is -2.23. The normalized spacial score (nSPS) is 10.8. The van der Waals surface area contributed by atoms with Crippen LogP contribution in [-0.2, 0) is 0 Å². The van der Waals surface area contributed by atoms with Crippen LogP contribution in [0.2, 0.25) is 0 Å². The van der Waals surface area contributed by atoms with Gasteiger partial charge in [0, 0.05) is 22.1 Å². The molecule has 2 aromatic rings. The number of hydrogen-bond acceptors (Lipinski definition) is 4. The predicted octanol–water partition coefficient (Wildman–Crippen LogP) is 5.18. The third-order valence-corrected chi connectivity index (χ3v) is 4.35. The van der Waals surface area contributed by atoms with Crippen LogP contribution in [0.1, 0.15) is 43.6 Å². The number of anilines is 2. The molecule has 0 spiro atoms. The third-order valence-electron chi connectivity index (χ3n) is 3.47. The van der Waals surface area contributed by atoms with Crippen LogP contribution in [0, 0.1) is 6.92 Å². The Bertz CT molecular complexity index is 686. The lowest BCUT2D eigenvalue weighted by Crippen LogP contribution is -2.20. The summed E-state index contributed by atoms with van der Waals surface area (Å²) in [5.74, 6) is 1.17. The topological polar surface area (TPSA) is 29.0 Å². The van der Waals surface area contributed by atoms with E-state index in [2.05, 4.69) is 69.8 Å². The van der Waals surface area contributed by atoms with E-state index < -0.39 is 0 Å². The largest absolute Gasteiger partial charge is 0.310 e. The minimum Gasteiger partial charge on any atom is -0.310 e. The molecule has 1 aromatic heterocycles. The van der Waals surface area contributed by atoms with Crippen molar-refractivity contribution >= 4 is 45.2 Å². The lowest BCUT2D eigenvalue weighted by molar-refractivity contribution is 0.863. The molecule has 0 saturated carbocycles. The van der Waals surface area contributed by atoms with Gasteiger partial charge in [0.25, 0.3) is 0 Å². The van der Waals surface area contributed by atoms with Crippen LogP contribution in [0.25, 0.3) is 0 Å². The van der Waals surface area contributed by atoms with Gasteiger partial charge < -0.3 is 4.90 Å². The number of nitrogens with zero attached hydrogens (tertiary/aromatic N) is 3. The zero-order valence-corrected chi connectivity index (χ0v) is 15.7. The van der Waals surface area contributed by atoms with Crippen molar-refractivity contribution < 1.29 is 0 Å². The molecule has 2 rings (SSSR count). The van der Waals surface area contributed by atoms with E-state index in [0.717, 1.165) is 28.1 Å². The average Bonchev–Trinajstić information content (AvgIpc) is 2.48. The monoisotopic (exact) mass is 377 g/mol. The summed E-state index contributed by atoms with van der Waals surface area (Å²) < 4.78 is 1.05.